The molecule has 0 N–H and O–H groups in total. The molecule has 4 saturated carbocycles. The van der Waals surface area contributed by atoms with Crippen molar-refractivity contribution in [2.24, 2.45) is 17.8 Å². The number of nitriles is 1. The van der Waals surface area contributed by atoms with Gasteiger partial charge in [-0.3, -0.25) is 9.59 Å². The molecule has 160 valence electrons. The van der Waals surface area contributed by atoms with Gasteiger partial charge in [0, 0.05) is 12.1 Å². The van der Waals surface area contributed by atoms with Gasteiger partial charge in [-0.15, -0.1) is 0 Å². The van der Waals surface area contributed by atoms with Gasteiger partial charge in [-0.25, -0.2) is 0 Å². The number of hydrogen-bond acceptors (Lipinski definition) is 4. The van der Waals surface area contributed by atoms with E-state index in [1.54, 1.807) is 0 Å². The van der Waals surface area contributed by atoms with E-state index < -0.39 is 0 Å². The number of carbonyl (C=O) groups excluding carboxylic acids is 2. The standard InChI is InChI=1S/C25H32N2O3/c1-2-22(21-7-4-3-5-8-21)24(29)30-17-23(28)27(10-6-9-26)25-14-18-11-19(15-25)13-20(12-18)16-25/h3-5,7-8,18-20,22H,2,6,10-17H2,1H3/t18?,19?,20?,22-,25?/m1/s1. The summed E-state index contributed by atoms with van der Waals surface area (Å²) in [6.45, 7) is 2.17. The largest absolute Gasteiger partial charge is 0.455 e. The number of nitrogens with zero attached hydrogens (tertiary/aromatic N) is 2. The molecule has 4 aliphatic rings. The first-order valence-electron chi connectivity index (χ1n) is 11.4. The number of rotatable bonds is 8. The number of hydrogen-bond donors (Lipinski definition) is 0. The molecule has 0 aromatic heterocycles. The number of benzene rings is 1. The summed E-state index contributed by atoms with van der Waals surface area (Å²) in [6, 6.07) is 11.8. The van der Waals surface area contributed by atoms with E-state index in [1.807, 2.05) is 42.2 Å². The molecule has 5 heteroatoms. The third-order valence-corrected chi connectivity index (χ3v) is 7.56. The zero-order valence-corrected chi connectivity index (χ0v) is 17.9. The fraction of sp³-hybridized carbons (Fsp3) is 0.640. The summed E-state index contributed by atoms with van der Waals surface area (Å²) in [7, 11) is 0. The minimum absolute atomic E-state index is 0.126. The lowest BCUT2D eigenvalue weighted by atomic mass is 9.52. The first-order valence-corrected chi connectivity index (χ1v) is 11.4. The van der Waals surface area contributed by atoms with Gasteiger partial charge in [-0.05, 0) is 68.3 Å². The van der Waals surface area contributed by atoms with Gasteiger partial charge in [0.2, 0.25) is 0 Å². The smallest absolute Gasteiger partial charge is 0.313 e. The molecular weight excluding hydrogens is 376 g/mol. The quantitative estimate of drug-likeness (QED) is 0.597. The molecule has 0 heterocycles. The average molecular weight is 409 g/mol. The summed E-state index contributed by atoms with van der Waals surface area (Å²) in [5.41, 5.74) is 0.790. The highest BCUT2D eigenvalue weighted by Crippen LogP contribution is 2.57. The Bertz CT molecular complexity index is 778. The molecule has 4 aliphatic carbocycles. The van der Waals surface area contributed by atoms with E-state index >= 15 is 0 Å². The highest BCUT2D eigenvalue weighted by Gasteiger charge is 2.54. The van der Waals surface area contributed by atoms with Gasteiger partial charge in [-0.1, -0.05) is 37.3 Å². The van der Waals surface area contributed by atoms with Crippen molar-refractivity contribution in [2.45, 2.75) is 69.7 Å². The van der Waals surface area contributed by atoms with Crippen LogP contribution in [0.1, 0.15) is 69.8 Å². The van der Waals surface area contributed by atoms with Crippen LogP contribution in [0.25, 0.3) is 0 Å². The van der Waals surface area contributed by atoms with Crippen LogP contribution in [-0.4, -0.2) is 35.5 Å². The third kappa shape index (κ3) is 4.10. The Hall–Kier alpha value is -2.35. The van der Waals surface area contributed by atoms with Crippen LogP contribution in [0.3, 0.4) is 0 Å². The van der Waals surface area contributed by atoms with Gasteiger partial charge in [0.1, 0.15) is 0 Å². The molecule has 4 fully saturated rings. The second kappa shape index (κ2) is 8.79. The maximum absolute atomic E-state index is 13.3. The zero-order chi connectivity index (χ0) is 21.1. The van der Waals surface area contributed by atoms with Crippen molar-refractivity contribution in [1.82, 2.24) is 4.90 Å². The van der Waals surface area contributed by atoms with Crippen molar-refractivity contribution in [3.63, 3.8) is 0 Å². The SMILES string of the molecule is CC[C@@H](C(=O)OCC(=O)N(CCC#N)C12CC3CC(CC(C3)C1)C2)c1ccccc1. The van der Waals surface area contributed by atoms with Crippen molar-refractivity contribution in [2.75, 3.05) is 13.2 Å². The van der Waals surface area contributed by atoms with Crippen LogP contribution in [0, 0.1) is 29.1 Å². The fourth-order valence-corrected chi connectivity index (χ4v) is 6.72. The monoisotopic (exact) mass is 408 g/mol. The number of amides is 1. The number of esters is 1. The minimum Gasteiger partial charge on any atom is -0.455 e. The predicted octanol–water partition coefficient (Wildman–Crippen LogP) is 4.43. The Labute approximate surface area is 179 Å². The molecule has 1 aromatic carbocycles. The molecule has 0 aliphatic heterocycles. The van der Waals surface area contributed by atoms with Crippen molar-refractivity contribution in [3.8, 4) is 6.07 Å². The first-order chi connectivity index (χ1) is 14.5. The van der Waals surface area contributed by atoms with E-state index in [0.29, 0.717) is 37.1 Å². The molecule has 4 bridgehead atoms. The van der Waals surface area contributed by atoms with Crippen LogP contribution in [0.4, 0.5) is 0 Å². The Kier molecular flexibility index (Phi) is 6.13. The predicted molar refractivity (Wildman–Crippen MR) is 113 cm³/mol. The van der Waals surface area contributed by atoms with Crippen LogP contribution < -0.4 is 0 Å². The first kappa shape index (κ1) is 20.9. The van der Waals surface area contributed by atoms with Crippen LogP contribution >= 0.6 is 0 Å². The van der Waals surface area contributed by atoms with Crippen molar-refractivity contribution in [1.29, 1.82) is 5.26 Å². The zero-order valence-electron chi connectivity index (χ0n) is 17.9. The topological polar surface area (TPSA) is 70.4 Å². The Morgan fingerprint density at radius 2 is 1.73 bits per heavy atom. The van der Waals surface area contributed by atoms with Crippen molar-refractivity contribution >= 4 is 11.9 Å². The summed E-state index contributed by atoms with van der Waals surface area (Å²) in [5.74, 6) is 1.29. The molecule has 1 aromatic rings. The van der Waals surface area contributed by atoms with E-state index in [2.05, 4.69) is 6.07 Å². The van der Waals surface area contributed by atoms with Gasteiger partial charge in [0.25, 0.3) is 5.91 Å². The van der Waals surface area contributed by atoms with E-state index in [9.17, 15) is 9.59 Å². The van der Waals surface area contributed by atoms with Gasteiger partial charge < -0.3 is 9.64 Å². The molecule has 0 radical (unpaired) electrons. The summed E-state index contributed by atoms with van der Waals surface area (Å²) in [5, 5.41) is 9.15. The van der Waals surface area contributed by atoms with E-state index in [1.165, 1.54) is 19.3 Å². The van der Waals surface area contributed by atoms with E-state index in [-0.39, 0.29) is 29.9 Å². The number of carbonyl (C=O) groups is 2. The van der Waals surface area contributed by atoms with Crippen LogP contribution in [0.15, 0.2) is 30.3 Å². The molecule has 1 amide bonds. The van der Waals surface area contributed by atoms with Crippen LogP contribution in [0.2, 0.25) is 0 Å². The maximum atomic E-state index is 13.3. The molecule has 5 rings (SSSR count). The van der Waals surface area contributed by atoms with Gasteiger partial charge in [-0.2, -0.15) is 5.26 Å². The third-order valence-electron chi connectivity index (χ3n) is 7.56. The second-order valence-corrected chi connectivity index (χ2v) is 9.57. The van der Waals surface area contributed by atoms with E-state index in [0.717, 1.165) is 24.8 Å². The summed E-state index contributed by atoms with van der Waals surface area (Å²) in [4.78, 5) is 27.9. The minimum atomic E-state index is -0.355. The lowest BCUT2D eigenvalue weighted by molar-refractivity contribution is -0.163. The van der Waals surface area contributed by atoms with Gasteiger partial charge >= 0.3 is 5.97 Å². The summed E-state index contributed by atoms with van der Waals surface area (Å²) < 4.78 is 5.52. The highest BCUT2D eigenvalue weighted by atomic mass is 16.5. The number of ether oxygens (including phenoxy) is 1. The Morgan fingerprint density at radius 1 is 1.13 bits per heavy atom. The molecule has 0 saturated heterocycles. The van der Waals surface area contributed by atoms with Gasteiger partial charge in [0.15, 0.2) is 6.61 Å². The van der Waals surface area contributed by atoms with E-state index in [4.69, 9.17) is 10.00 Å². The Balaban J connectivity index is 1.44. The molecule has 1 atom stereocenters. The van der Waals surface area contributed by atoms with Crippen LogP contribution in [-0.2, 0) is 14.3 Å². The van der Waals surface area contributed by atoms with Crippen molar-refractivity contribution in [3.05, 3.63) is 35.9 Å². The molecular formula is C25H32N2O3. The second-order valence-electron chi connectivity index (χ2n) is 9.57. The van der Waals surface area contributed by atoms with Gasteiger partial charge in [0.05, 0.1) is 18.4 Å². The highest BCUT2D eigenvalue weighted by molar-refractivity contribution is 5.84. The lowest BCUT2D eigenvalue weighted by Gasteiger charge is -2.60. The van der Waals surface area contributed by atoms with Crippen LogP contribution in [0.5, 0.6) is 0 Å². The molecule has 0 unspecified atom stereocenters. The molecule has 30 heavy (non-hydrogen) atoms. The lowest BCUT2D eigenvalue weighted by Crippen LogP contribution is -2.62. The average Bonchev–Trinajstić information content (AvgIpc) is 2.73. The Morgan fingerprint density at radius 3 is 2.27 bits per heavy atom. The molecule has 5 nitrogen and oxygen atoms in total. The van der Waals surface area contributed by atoms with Crippen molar-refractivity contribution < 1.29 is 14.3 Å². The summed E-state index contributed by atoms with van der Waals surface area (Å²) in [6.07, 6.45) is 7.98. The molecule has 0 spiro atoms. The summed E-state index contributed by atoms with van der Waals surface area (Å²) >= 11 is 0. The normalized spacial score (nSPS) is 29.8. The maximum Gasteiger partial charge on any atom is 0.313 e. The fourth-order valence-electron chi connectivity index (χ4n) is 6.72.